The highest BCUT2D eigenvalue weighted by atomic mass is 16.4. The van der Waals surface area contributed by atoms with Gasteiger partial charge in [0.1, 0.15) is 0 Å². The number of amides is 2. The van der Waals surface area contributed by atoms with Gasteiger partial charge in [0, 0.05) is 24.7 Å². The summed E-state index contributed by atoms with van der Waals surface area (Å²) < 4.78 is 0. The van der Waals surface area contributed by atoms with E-state index in [0.717, 1.165) is 5.56 Å². The minimum atomic E-state index is -0.994. The van der Waals surface area contributed by atoms with Crippen LogP contribution in [0.3, 0.4) is 0 Å². The number of aliphatic carboxylic acids is 1. The summed E-state index contributed by atoms with van der Waals surface area (Å²) in [5.41, 5.74) is 1.64. The highest BCUT2D eigenvalue weighted by Crippen LogP contribution is 2.25. The van der Waals surface area contributed by atoms with E-state index >= 15 is 0 Å². The van der Waals surface area contributed by atoms with Crippen LogP contribution in [-0.2, 0) is 21.5 Å². The van der Waals surface area contributed by atoms with E-state index in [1.807, 2.05) is 0 Å². The zero-order valence-electron chi connectivity index (χ0n) is 15.0. The molecule has 0 saturated heterocycles. The highest BCUT2D eigenvalue weighted by molar-refractivity contribution is 6.04. The number of carboxylic acid groups (broad SMARTS) is 1. The molecule has 2 aromatic carbocycles. The Kier molecular flexibility index (Phi) is 5.77. The number of benzene rings is 2. The maximum Gasteiger partial charge on any atom is 0.313 e. The van der Waals surface area contributed by atoms with Gasteiger partial charge in [-0.25, -0.2) is 0 Å². The minimum absolute atomic E-state index is 0.110. The van der Waals surface area contributed by atoms with Crippen LogP contribution in [0.4, 0.5) is 5.69 Å². The van der Waals surface area contributed by atoms with Crippen LogP contribution in [0.15, 0.2) is 48.5 Å². The summed E-state index contributed by atoms with van der Waals surface area (Å²) in [6, 6.07) is 13.7. The van der Waals surface area contributed by atoms with E-state index in [-0.39, 0.29) is 11.8 Å². The van der Waals surface area contributed by atoms with Gasteiger partial charge in [-0.15, -0.1) is 0 Å². The molecule has 0 aromatic heterocycles. The molecule has 136 valence electrons. The summed E-state index contributed by atoms with van der Waals surface area (Å²) in [6.45, 7) is 5.12. The van der Waals surface area contributed by atoms with Crippen molar-refractivity contribution in [2.24, 2.45) is 0 Å². The predicted octanol–water partition coefficient (Wildman–Crippen LogP) is 2.94. The number of rotatable bonds is 6. The van der Waals surface area contributed by atoms with Crippen molar-refractivity contribution in [3.8, 4) is 0 Å². The third-order valence-corrected chi connectivity index (χ3v) is 4.16. The van der Waals surface area contributed by atoms with Crippen molar-refractivity contribution < 1.29 is 19.5 Å². The lowest BCUT2D eigenvalue weighted by molar-refractivity contribution is -0.142. The molecule has 0 heterocycles. The fraction of sp³-hybridized carbons (Fsp3) is 0.250. The molecule has 3 N–H and O–H groups in total. The van der Waals surface area contributed by atoms with Crippen LogP contribution >= 0.6 is 0 Å². The molecule has 0 aliphatic carbocycles. The summed E-state index contributed by atoms with van der Waals surface area (Å²) in [7, 11) is 0. The zero-order valence-corrected chi connectivity index (χ0v) is 15.0. The summed E-state index contributed by atoms with van der Waals surface area (Å²) in [4.78, 5) is 34.5. The van der Waals surface area contributed by atoms with Gasteiger partial charge in [-0.1, -0.05) is 24.3 Å². The quantitative estimate of drug-likeness (QED) is 0.743. The average molecular weight is 354 g/mol. The number of hydrogen-bond donors (Lipinski definition) is 3. The minimum Gasteiger partial charge on any atom is -0.481 e. The van der Waals surface area contributed by atoms with Crippen LogP contribution in [0.2, 0.25) is 0 Å². The molecule has 0 spiro atoms. The highest BCUT2D eigenvalue weighted by Gasteiger charge is 2.29. The maximum absolute atomic E-state index is 12.3. The lowest BCUT2D eigenvalue weighted by Gasteiger charge is -2.19. The molecule has 0 atom stereocenters. The van der Waals surface area contributed by atoms with E-state index < -0.39 is 11.4 Å². The van der Waals surface area contributed by atoms with Crippen molar-refractivity contribution >= 4 is 23.5 Å². The van der Waals surface area contributed by atoms with Gasteiger partial charge in [-0.2, -0.15) is 0 Å². The first-order valence-corrected chi connectivity index (χ1v) is 8.19. The second kappa shape index (κ2) is 7.82. The molecule has 26 heavy (non-hydrogen) atoms. The Morgan fingerprint density at radius 1 is 0.962 bits per heavy atom. The smallest absolute Gasteiger partial charge is 0.313 e. The number of carbonyl (C=O) groups is 3. The second-order valence-corrected chi connectivity index (χ2v) is 6.57. The van der Waals surface area contributed by atoms with Gasteiger partial charge in [-0.3, -0.25) is 14.4 Å². The molecule has 2 aromatic rings. The van der Waals surface area contributed by atoms with Gasteiger partial charge in [0.15, 0.2) is 0 Å². The van der Waals surface area contributed by atoms with E-state index in [4.69, 9.17) is 0 Å². The van der Waals surface area contributed by atoms with Crippen molar-refractivity contribution in [1.29, 1.82) is 0 Å². The second-order valence-electron chi connectivity index (χ2n) is 6.57. The fourth-order valence-electron chi connectivity index (χ4n) is 2.30. The first kappa shape index (κ1) is 19.2. The maximum atomic E-state index is 12.3. The van der Waals surface area contributed by atoms with Gasteiger partial charge in [0.05, 0.1) is 5.41 Å². The molecule has 6 heteroatoms. The summed E-state index contributed by atoms with van der Waals surface area (Å²) in [5, 5.41) is 14.7. The van der Waals surface area contributed by atoms with Crippen molar-refractivity contribution in [2.45, 2.75) is 32.7 Å². The molecule has 2 amide bonds. The SMILES string of the molecule is CC(=O)NCc1ccc(C(=O)Nc2ccc(C(C)(C)C(=O)O)cc2)cc1. The number of nitrogens with one attached hydrogen (secondary N) is 2. The molecule has 0 aliphatic rings. The van der Waals surface area contributed by atoms with Crippen molar-refractivity contribution in [1.82, 2.24) is 5.32 Å². The average Bonchev–Trinajstić information content (AvgIpc) is 2.60. The number of hydrogen-bond acceptors (Lipinski definition) is 3. The molecule has 0 bridgehead atoms. The molecule has 0 unspecified atom stereocenters. The summed E-state index contributed by atoms with van der Waals surface area (Å²) >= 11 is 0. The van der Waals surface area contributed by atoms with Gasteiger partial charge in [0.25, 0.3) is 5.91 Å². The molecule has 0 radical (unpaired) electrons. The first-order chi connectivity index (χ1) is 12.2. The van der Waals surface area contributed by atoms with Crippen LogP contribution in [0.1, 0.15) is 42.3 Å². The van der Waals surface area contributed by atoms with Gasteiger partial charge >= 0.3 is 5.97 Å². The Morgan fingerprint density at radius 3 is 2.04 bits per heavy atom. The van der Waals surface area contributed by atoms with E-state index in [0.29, 0.717) is 23.4 Å². The normalized spacial score (nSPS) is 10.9. The summed E-state index contributed by atoms with van der Waals surface area (Å²) in [6.07, 6.45) is 0. The molecule has 0 fully saturated rings. The molecular formula is C20H22N2O4. The molecular weight excluding hydrogens is 332 g/mol. The van der Waals surface area contributed by atoms with E-state index in [1.54, 1.807) is 62.4 Å². The Balaban J connectivity index is 2.03. The predicted molar refractivity (Wildman–Crippen MR) is 99.0 cm³/mol. The molecule has 0 aliphatic heterocycles. The van der Waals surface area contributed by atoms with E-state index in [2.05, 4.69) is 10.6 Å². The number of carbonyl (C=O) groups excluding carboxylic acids is 2. The Hall–Kier alpha value is -3.15. The lowest BCUT2D eigenvalue weighted by Crippen LogP contribution is -2.28. The van der Waals surface area contributed by atoms with Crippen molar-refractivity contribution in [2.75, 3.05) is 5.32 Å². The van der Waals surface area contributed by atoms with Crippen LogP contribution in [0.25, 0.3) is 0 Å². The Morgan fingerprint density at radius 2 is 1.54 bits per heavy atom. The topological polar surface area (TPSA) is 95.5 Å². The first-order valence-electron chi connectivity index (χ1n) is 8.19. The standard InChI is InChI=1S/C20H22N2O4/c1-13(23)21-12-14-4-6-15(7-5-14)18(24)22-17-10-8-16(9-11-17)20(2,3)19(25)26/h4-11H,12H2,1-3H3,(H,21,23)(H,22,24)(H,25,26). The molecule has 0 saturated carbocycles. The van der Waals surface area contributed by atoms with Crippen molar-refractivity contribution in [3.05, 3.63) is 65.2 Å². The van der Waals surface area contributed by atoms with E-state index in [1.165, 1.54) is 6.92 Å². The largest absolute Gasteiger partial charge is 0.481 e. The lowest BCUT2D eigenvalue weighted by atomic mass is 9.85. The Bertz CT molecular complexity index is 809. The van der Waals surface area contributed by atoms with Crippen LogP contribution in [-0.4, -0.2) is 22.9 Å². The van der Waals surface area contributed by atoms with Gasteiger partial charge in [-0.05, 0) is 49.2 Å². The molecule has 6 nitrogen and oxygen atoms in total. The fourth-order valence-corrected chi connectivity index (χ4v) is 2.30. The monoisotopic (exact) mass is 354 g/mol. The Labute approximate surface area is 152 Å². The van der Waals surface area contributed by atoms with E-state index in [9.17, 15) is 19.5 Å². The zero-order chi connectivity index (χ0) is 19.3. The van der Waals surface area contributed by atoms with Crippen LogP contribution < -0.4 is 10.6 Å². The van der Waals surface area contributed by atoms with Crippen molar-refractivity contribution in [3.63, 3.8) is 0 Å². The third kappa shape index (κ3) is 4.69. The van der Waals surface area contributed by atoms with Crippen LogP contribution in [0.5, 0.6) is 0 Å². The number of carboxylic acids is 1. The summed E-state index contributed by atoms with van der Waals surface area (Å²) in [5.74, 6) is -1.28. The van der Waals surface area contributed by atoms with Crippen LogP contribution in [0, 0.1) is 0 Å². The van der Waals surface area contributed by atoms with Gasteiger partial charge in [0.2, 0.25) is 5.91 Å². The van der Waals surface area contributed by atoms with Gasteiger partial charge < -0.3 is 15.7 Å². The molecule has 2 rings (SSSR count). The number of anilines is 1. The third-order valence-electron chi connectivity index (χ3n) is 4.16.